The van der Waals surface area contributed by atoms with Crippen molar-refractivity contribution in [3.63, 3.8) is 0 Å². The minimum atomic E-state index is -1.09. The van der Waals surface area contributed by atoms with Crippen LogP contribution in [-0.2, 0) is 21.3 Å². The summed E-state index contributed by atoms with van der Waals surface area (Å²) < 4.78 is 16.5. The van der Waals surface area contributed by atoms with Gasteiger partial charge in [0.1, 0.15) is 0 Å². The largest absolute Gasteiger partial charge is 0.465 e. The quantitative estimate of drug-likeness (QED) is 0.674. The Morgan fingerprint density at radius 1 is 1.39 bits per heavy atom. The van der Waals surface area contributed by atoms with Crippen molar-refractivity contribution in [2.45, 2.75) is 31.3 Å². The van der Waals surface area contributed by atoms with E-state index in [1.165, 1.54) is 7.11 Å². The van der Waals surface area contributed by atoms with Crippen LogP contribution in [0.4, 0.5) is 5.69 Å². The van der Waals surface area contributed by atoms with Crippen molar-refractivity contribution in [1.82, 2.24) is 0 Å². The van der Waals surface area contributed by atoms with E-state index in [0.29, 0.717) is 22.6 Å². The highest BCUT2D eigenvalue weighted by atomic mass is 32.2. The van der Waals surface area contributed by atoms with E-state index in [1.807, 2.05) is 20.8 Å². The zero-order valence-corrected chi connectivity index (χ0v) is 12.0. The number of methoxy groups -OCH3 is 1. The molecular weight excluding hydrogens is 250 g/mol. The Bertz CT molecular complexity index is 478. The fourth-order valence-corrected chi connectivity index (χ4v) is 2.41. The molecule has 0 bridgehead atoms. The summed E-state index contributed by atoms with van der Waals surface area (Å²) in [5.41, 5.74) is 7.11. The monoisotopic (exact) mass is 269 g/mol. The van der Waals surface area contributed by atoms with Crippen molar-refractivity contribution in [2.24, 2.45) is 0 Å². The molecule has 0 aliphatic heterocycles. The highest BCUT2D eigenvalue weighted by Crippen LogP contribution is 2.23. The smallest absolute Gasteiger partial charge is 0.340 e. The van der Waals surface area contributed by atoms with E-state index < -0.39 is 16.8 Å². The number of rotatable bonds is 3. The first-order chi connectivity index (χ1) is 8.27. The summed E-state index contributed by atoms with van der Waals surface area (Å²) in [6.45, 7) is 5.69. The van der Waals surface area contributed by atoms with Crippen LogP contribution in [0.5, 0.6) is 0 Å². The van der Waals surface area contributed by atoms with Crippen molar-refractivity contribution < 1.29 is 13.7 Å². The molecule has 0 fully saturated rings. The average molecular weight is 269 g/mol. The van der Waals surface area contributed by atoms with Crippen LogP contribution in [0.25, 0.3) is 0 Å². The highest BCUT2D eigenvalue weighted by Gasteiger charge is 2.23. The normalized spacial score (nSPS) is 13.1. The lowest BCUT2D eigenvalue weighted by atomic mass is 10.1. The van der Waals surface area contributed by atoms with E-state index in [0.717, 1.165) is 0 Å². The van der Waals surface area contributed by atoms with Crippen LogP contribution in [-0.4, -0.2) is 22.0 Å². The van der Waals surface area contributed by atoms with Crippen LogP contribution < -0.4 is 5.73 Å². The van der Waals surface area contributed by atoms with Gasteiger partial charge in [-0.2, -0.15) is 0 Å². The van der Waals surface area contributed by atoms with Gasteiger partial charge in [-0.3, -0.25) is 4.21 Å². The Hall–Kier alpha value is -1.36. The maximum atomic E-state index is 12.1. The highest BCUT2D eigenvalue weighted by molar-refractivity contribution is 7.85. The topological polar surface area (TPSA) is 69.4 Å². The molecule has 1 aromatic rings. The lowest BCUT2D eigenvalue weighted by Gasteiger charge is -2.19. The maximum absolute atomic E-state index is 12.1. The van der Waals surface area contributed by atoms with Crippen molar-refractivity contribution >= 4 is 22.5 Å². The third-order valence-corrected chi connectivity index (χ3v) is 4.48. The number of hydrogen-bond acceptors (Lipinski definition) is 4. The van der Waals surface area contributed by atoms with E-state index >= 15 is 0 Å². The van der Waals surface area contributed by atoms with E-state index in [4.69, 9.17) is 10.5 Å². The second-order valence-electron chi connectivity index (χ2n) is 4.98. The van der Waals surface area contributed by atoms with Gasteiger partial charge >= 0.3 is 5.97 Å². The first-order valence-corrected chi connectivity index (χ1v) is 6.93. The molecule has 0 aliphatic carbocycles. The van der Waals surface area contributed by atoms with Gasteiger partial charge in [0.15, 0.2) is 0 Å². The Morgan fingerprint density at radius 2 is 2.00 bits per heavy atom. The number of anilines is 1. The molecule has 1 rings (SSSR count). The number of nitrogens with two attached hydrogens (primary N) is 1. The van der Waals surface area contributed by atoms with Crippen LogP contribution in [0.15, 0.2) is 18.2 Å². The summed E-state index contributed by atoms with van der Waals surface area (Å²) in [4.78, 5) is 11.7. The second kappa shape index (κ2) is 5.52. The summed E-state index contributed by atoms with van der Waals surface area (Å²) in [5, 5.41) is 0. The number of carbonyl (C=O) groups excluding carboxylic acids is 1. The summed E-state index contributed by atoms with van der Waals surface area (Å²) in [5.74, 6) is -0.201. The first-order valence-electron chi connectivity index (χ1n) is 5.61. The van der Waals surface area contributed by atoms with Crippen molar-refractivity contribution in [3.8, 4) is 0 Å². The van der Waals surface area contributed by atoms with Gasteiger partial charge in [0, 0.05) is 27.0 Å². The summed E-state index contributed by atoms with van der Waals surface area (Å²) >= 11 is 0. The van der Waals surface area contributed by atoms with Crippen LogP contribution in [0.3, 0.4) is 0 Å². The molecule has 0 aliphatic rings. The number of carbonyl (C=O) groups is 1. The van der Waals surface area contributed by atoms with Crippen LogP contribution >= 0.6 is 0 Å². The molecule has 4 nitrogen and oxygen atoms in total. The van der Waals surface area contributed by atoms with Gasteiger partial charge in [-0.1, -0.05) is 12.1 Å². The third-order valence-electron chi connectivity index (χ3n) is 2.54. The zero-order valence-electron chi connectivity index (χ0n) is 11.1. The molecular formula is C13H19NO3S. The molecule has 0 aromatic heterocycles. The van der Waals surface area contributed by atoms with Gasteiger partial charge in [-0.15, -0.1) is 0 Å². The average Bonchev–Trinajstić information content (AvgIpc) is 2.27. The second-order valence-corrected chi connectivity index (χ2v) is 7.18. The number of benzene rings is 1. The van der Waals surface area contributed by atoms with E-state index in [-0.39, 0.29) is 4.75 Å². The molecule has 1 aromatic carbocycles. The van der Waals surface area contributed by atoms with Crippen molar-refractivity contribution in [3.05, 3.63) is 29.3 Å². The predicted octanol–water partition coefficient (Wildman–Crippen LogP) is 2.10. The van der Waals surface area contributed by atoms with E-state index in [2.05, 4.69) is 0 Å². The Labute approximate surface area is 110 Å². The van der Waals surface area contributed by atoms with Crippen LogP contribution in [0.1, 0.15) is 36.7 Å². The molecule has 0 amide bonds. The van der Waals surface area contributed by atoms with E-state index in [9.17, 15) is 9.00 Å². The summed E-state index contributed by atoms with van der Waals surface area (Å²) in [6.07, 6.45) is 0. The molecule has 5 heteroatoms. The molecule has 1 atom stereocenters. The summed E-state index contributed by atoms with van der Waals surface area (Å²) in [7, 11) is 0.216. The van der Waals surface area contributed by atoms with Gasteiger partial charge in [0.25, 0.3) is 0 Å². The molecule has 100 valence electrons. The van der Waals surface area contributed by atoms with Gasteiger partial charge in [-0.25, -0.2) is 4.79 Å². The molecule has 1 unspecified atom stereocenters. The number of ether oxygens (including phenoxy) is 1. The number of nitrogen functional groups attached to an aromatic ring is 1. The predicted molar refractivity (Wildman–Crippen MR) is 73.8 cm³/mol. The van der Waals surface area contributed by atoms with Crippen molar-refractivity contribution in [2.75, 3.05) is 12.8 Å². The number of esters is 1. The van der Waals surface area contributed by atoms with E-state index in [1.54, 1.807) is 18.2 Å². The van der Waals surface area contributed by atoms with Crippen LogP contribution in [0, 0.1) is 0 Å². The minimum Gasteiger partial charge on any atom is -0.465 e. The Kier molecular flexibility index (Phi) is 4.51. The SMILES string of the molecule is COC(=O)c1c(N)cccc1CS(=O)C(C)(C)C. The van der Waals surface area contributed by atoms with Gasteiger partial charge < -0.3 is 10.5 Å². The van der Waals surface area contributed by atoms with Crippen molar-refractivity contribution in [1.29, 1.82) is 0 Å². The molecule has 0 saturated carbocycles. The first kappa shape index (κ1) is 14.7. The Morgan fingerprint density at radius 3 is 2.50 bits per heavy atom. The molecule has 0 spiro atoms. The maximum Gasteiger partial charge on any atom is 0.340 e. The summed E-state index contributed by atoms with van der Waals surface area (Å²) in [6, 6.07) is 5.14. The molecule has 18 heavy (non-hydrogen) atoms. The van der Waals surface area contributed by atoms with Gasteiger partial charge in [0.05, 0.1) is 12.7 Å². The minimum absolute atomic E-state index is 0.291. The lowest BCUT2D eigenvalue weighted by molar-refractivity contribution is 0.0601. The van der Waals surface area contributed by atoms with Gasteiger partial charge in [0.2, 0.25) is 0 Å². The molecule has 2 N–H and O–H groups in total. The Balaban J connectivity index is 3.14. The van der Waals surface area contributed by atoms with Gasteiger partial charge in [-0.05, 0) is 32.4 Å². The third kappa shape index (κ3) is 3.32. The lowest BCUT2D eigenvalue weighted by Crippen LogP contribution is -2.24. The van der Waals surface area contributed by atoms with Crippen LogP contribution in [0.2, 0.25) is 0 Å². The molecule has 0 saturated heterocycles. The fraction of sp³-hybridized carbons (Fsp3) is 0.462. The standard InChI is InChI=1S/C13H19NO3S/c1-13(2,3)18(16)8-9-6-5-7-10(14)11(9)12(15)17-4/h5-7H,8,14H2,1-4H3. The zero-order chi connectivity index (χ0) is 13.9. The number of hydrogen-bond donors (Lipinski definition) is 1. The molecule has 0 heterocycles. The fourth-order valence-electron chi connectivity index (χ4n) is 1.45. The molecule has 0 radical (unpaired) electrons.